The molecule has 148 valence electrons. The number of nitrogens with one attached hydrogen (secondary N) is 1. The van der Waals surface area contributed by atoms with E-state index in [-0.39, 0.29) is 24.1 Å². The summed E-state index contributed by atoms with van der Waals surface area (Å²) < 4.78 is 3.27. The Morgan fingerprint density at radius 2 is 1.79 bits per heavy atom. The second-order valence-corrected chi connectivity index (χ2v) is 7.34. The lowest BCUT2D eigenvalue weighted by molar-refractivity contribution is -0.122. The molecule has 0 radical (unpaired) electrons. The van der Waals surface area contributed by atoms with Crippen LogP contribution in [0.5, 0.6) is 0 Å². The molecule has 0 saturated carbocycles. The van der Waals surface area contributed by atoms with Gasteiger partial charge in [0, 0.05) is 28.9 Å². The number of amides is 1. The second kappa shape index (κ2) is 7.91. The van der Waals surface area contributed by atoms with Gasteiger partial charge in [0.15, 0.2) is 0 Å². The molecule has 0 bridgehead atoms. The summed E-state index contributed by atoms with van der Waals surface area (Å²) in [5, 5.41) is 8.96. The van der Waals surface area contributed by atoms with Crippen LogP contribution >= 0.6 is 0 Å². The van der Waals surface area contributed by atoms with Gasteiger partial charge in [0.25, 0.3) is 5.56 Å². The predicted octanol–water partition coefficient (Wildman–Crippen LogP) is 3.31. The summed E-state index contributed by atoms with van der Waals surface area (Å²) in [6.45, 7) is 4.42. The minimum atomic E-state index is -0.256. The van der Waals surface area contributed by atoms with Crippen molar-refractivity contribution in [1.82, 2.24) is 19.7 Å². The van der Waals surface area contributed by atoms with Gasteiger partial charge in [0.05, 0.1) is 6.20 Å². The highest BCUT2D eigenvalue weighted by molar-refractivity contribution is 6.07. The molecule has 6 nitrogen and oxygen atoms in total. The van der Waals surface area contributed by atoms with Crippen molar-refractivity contribution in [1.29, 1.82) is 0 Å². The summed E-state index contributed by atoms with van der Waals surface area (Å²) in [6, 6.07) is 18.0. The average molecular weight is 388 g/mol. The van der Waals surface area contributed by atoms with Gasteiger partial charge >= 0.3 is 0 Å². The molecule has 1 N–H and O–H groups in total. The van der Waals surface area contributed by atoms with Crippen LogP contribution in [-0.2, 0) is 17.9 Å². The Balaban J connectivity index is 1.83. The van der Waals surface area contributed by atoms with Gasteiger partial charge in [-0.15, -0.1) is 0 Å². The molecule has 2 aromatic heterocycles. The van der Waals surface area contributed by atoms with E-state index in [4.69, 9.17) is 0 Å². The molecule has 0 fully saturated rings. The van der Waals surface area contributed by atoms with Crippen molar-refractivity contribution in [2.24, 2.45) is 0 Å². The van der Waals surface area contributed by atoms with E-state index in [9.17, 15) is 9.59 Å². The van der Waals surface area contributed by atoms with Gasteiger partial charge in [-0.1, -0.05) is 55.5 Å². The van der Waals surface area contributed by atoms with Crippen molar-refractivity contribution in [3.63, 3.8) is 0 Å². The molecule has 1 amide bonds. The molecule has 2 heterocycles. The molecule has 0 unspecified atom stereocenters. The maximum Gasteiger partial charge on any atom is 0.291 e. The second-order valence-electron chi connectivity index (χ2n) is 7.34. The SMILES string of the molecule is CC[C@H](C)NC(=O)Cn1ncc2c3ccccc3n(Cc3ccccc3)c2c1=O. The van der Waals surface area contributed by atoms with Crippen molar-refractivity contribution in [3.05, 3.63) is 76.7 Å². The number of carbonyl (C=O) groups is 1. The van der Waals surface area contributed by atoms with Crippen molar-refractivity contribution in [2.75, 3.05) is 0 Å². The largest absolute Gasteiger partial charge is 0.352 e. The summed E-state index contributed by atoms with van der Waals surface area (Å²) in [7, 11) is 0. The van der Waals surface area contributed by atoms with Crippen LogP contribution in [0.1, 0.15) is 25.8 Å². The number of rotatable bonds is 6. The average Bonchev–Trinajstić information content (AvgIpc) is 3.05. The molecule has 0 aliphatic rings. The maximum absolute atomic E-state index is 13.3. The standard InChI is InChI=1S/C23H24N4O2/c1-3-16(2)25-21(28)15-27-23(29)22-19(13-24-27)18-11-7-8-12-20(18)26(22)14-17-9-5-4-6-10-17/h4-13,16H,3,14-15H2,1-2H3,(H,25,28)/t16-/m0/s1. The minimum absolute atomic E-state index is 0.0615. The first kappa shape index (κ1) is 18.9. The van der Waals surface area contributed by atoms with E-state index in [0.29, 0.717) is 12.1 Å². The van der Waals surface area contributed by atoms with Gasteiger partial charge in [0.2, 0.25) is 5.91 Å². The van der Waals surface area contributed by atoms with Crippen LogP contribution in [0.2, 0.25) is 0 Å². The summed E-state index contributed by atoms with van der Waals surface area (Å²) in [4.78, 5) is 25.6. The van der Waals surface area contributed by atoms with E-state index in [0.717, 1.165) is 28.3 Å². The Labute approximate surface area is 168 Å². The first-order valence-electron chi connectivity index (χ1n) is 9.88. The molecule has 29 heavy (non-hydrogen) atoms. The molecule has 6 heteroatoms. The third-order valence-electron chi connectivity index (χ3n) is 5.27. The molecular formula is C23H24N4O2. The van der Waals surface area contributed by atoms with Crippen LogP contribution in [0.3, 0.4) is 0 Å². The Morgan fingerprint density at radius 1 is 1.07 bits per heavy atom. The lowest BCUT2D eigenvalue weighted by atomic mass is 10.2. The molecule has 0 aliphatic carbocycles. The zero-order valence-electron chi connectivity index (χ0n) is 16.6. The number of benzene rings is 2. The van der Waals surface area contributed by atoms with E-state index >= 15 is 0 Å². The third-order valence-corrected chi connectivity index (χ3v) is 5.27. The molecule has 0 saturated heterocycles. The topological polar surface area (TPSA) is 68.9 Å². The zero-order chi connectivity index (χ0) is 20.4. The summed E-state index contributed by atoms with van der Waals surface area (Å²) in [5.74, 6) is -0.209. The van der Waals surface area contributed by atoms with Crippen molar-refractivity contribution < 1.29 is 4.79 Å². The molecule has 4 aromatic rings. The fraction of sp³-hybridized carbons (Fsp3) is 0.261. The number of nitrogens with zero attached hydrogens (tertiary/aromatic N) is 3. The van der Waals surface area contributed by atoms with Crippen LogP contribution in [0.25, 0.3) is 21.8 Å². The van der Waals surface area contributed by atoms with E-state index in [1.54, 1.807) is 6.20 Å². The monoisotopic (exact) mass is 388 g/mol. The molecule has 1 atom stereocenters. The fourth-order valence-corrected chi connectivity index (χ4v) is 3.60. The Morgan fingerprint density at radius 3 is 2.55 bits per heavy atom. The van der Waals surface area contributed by atoms with Gasteiger partial charge in [0.1, 0.15) is 12.1 Å². The Bertz CT molecular complexity index is 1220. The Hall–Kier alpha value is -3.41. The van der Waals surface area contributed by atoms with Crippen molar-refractivity contribution in [2.45, 2.75) is 39.4 Å². The normalized spacial score (nSPS) is 12.3. The number of para-hydroxylation sites is 1. The molecule has 2 aromatic carbocycles. The smallest absolute Gasteiger partial charge is 0.291 e. The Kier molecular flexibility index (Phi) is 5.16. The third kappa shape index (κ3) is 3.66. The van der Waals surface area contributed by atoms with E-state index in [1.165, 1.54) is 4.68 Å². The minimum Gasteiger partial charge on any atom is -0.352 e. The lowest BCUT2D eigenvalue weighted by Crippen LogP contribution is -2.38. The first-order valence-corrected chi connectivity index (χ1v) is 9.88. The van der Waals surface area contributed by atoms with Gasteiger partial charge in [-0.05, 0) is 25.0 Å². The first-order chi connectivity index (χ1) is 14.1. The lowest BCUT2D eigenvalue weighted by Gasteiger charge is -2.12. The molecule has 0 aliphatic heterocycles. The number of hydrogen-bond donors (Lipinski definition) is 1. The number of aromatic nitrogens is 3. The summed E-state index contributed by atoms with van der Waals surface area (Å²) in [6.07, 6.45) is 2.52. The highest BCUT2D eigenvalue weighted by Gasteiger charge is 2.17. The van der Waals surface area contributed by atoms with Crippen LogP contribution in [0, 0.1) is 0 Å². The summed E-state index contributed by atoms with van der Waals surface area (Å²) in [5.41, 5.74) is 2.40. The quantitative estimate of drug-likeness (QED) is 0.551. The highest BCUT2D eigenvalue weighted by atomic mass is 16.2. The van der Waals surface area contributed by atoms with Gasteiger partial charge < -0.3 is 9.88 Å². The van der Waals surface area contributed by atoms with Gasteiger partial charge in [-0.3, -0.25) is 9.59 Å². The van der Waals surface area contributed by atoms with Crippen LogP contribution < -0.4 is 10.9 Å². The van der Waals surface area contributed by atoms with Crippen molar-refractivity contribution >= 4 is 27.7 Å². The summed E-state index contributed by atoms with van der Waals surface area (Å²) >= 11 is 0. The van der Waals surface area contributed by atoms with Gasteiger partial charge in [-0.2, -0.15) is 5.10 Å². The molecule has 0 spiro atoms. The highest BCUT2D eigenvalue weighted by Crippen LogP contribution is 2.27. The van der Waals surface area contributed by atoms with E-state index < -0.39 is 0 Å². The van der Waals surface area contributed by atoms with Gasteiger partial charge in [-0.25, -0.2) is 4.68 Å². The zero-order valence-corrected chi connectivity index (χ0v) is 16.6. The van der Waals surface area contributed by atoms with Crippen LogP contribution in [-0.4, -0.2) is 26.3 Å². The number of hydrogen-bond acceptors (Lipinski definition) is 3. The number of fused-ring (bicyclic) bond motifs is 3. The predicted molar refractivity (Wildman–Crippen MR) is 115 cm³/mol. The fourth-order valence-electron chi connectivity index (χ4n) is 3.60. The maximum atomic E-state index is 13.3. The molecule has 4 rings (SSSR count). The molecular weight excluding hydrogens is 364 g/mol. The van der Waals surface area contributed by atoms with Crippen LogP contribution in [0.15, 0.2) is 65.6 Å². The van der Waals surface area contributed by atoms with E-state index in [2.05, 4.69) is 10.4 Å². The number of carbonyl (C=O) groups excluding carboxylic acids is 1. The van der Waals surface area contributed by atoms with Crippen LogP contribution in [0.4, 0.5) is 0 Å². The van der Waals surface area contributed by atoms with Crippen molar-refractivity contribution in [3.8, 4) is 0 Å². The van der Waals surface area contributed by atoms with E-state index in [1.807, 2.05) is 73.0 Å².